The molecule has 3 heteroatoms. The monoisotopic (exact) mass is 333 g/mol. The predicted molar refractivity (Wildman–Crippen MR) is 87.4 cm³/mol. The van der Waals surface area contributed by atoms with Crippen LogP contribution in [-0.2, 0) is 6.42 Å². The molecule has 0 spiro atoms. The summed E-state index contributed by atoms with van der Waals surface area (Å²) >= 11 is 3.52. The van der Waals surface area contributed by atoms with E-state index in [-0.39, 0.29) is 6.04 Å². The minimum atomic E-state index is 0.236. The van der Waals surface area contributed by atoms with Crippen LogP contribution in [0.2, 0.25) is 0 Å². The summed E-state index contributed by atoms with van der Waals surface area (Å²) in [5, 5.41) is 3.39. The molecule has 0 fully saturated rings. The van der Waals surface area contributed by atoms with Crippen molar-refractivity contribution in [3.05, 3.63) is 63.6 Å². The second-order valence-corrected chi connectivity index (χ2v) is 5.84. The van der Waals surface area contributed by atoms with Crippen molar-refractivity contribution < 1.29 is 4.74 Å². The third-order valence-electron chi connectivity index (χ3n) is 3.44. The Morgan fingerprint density at radius 1 is 1.20 bits per heavy atom. The maximum absolute atomic E-state index is 5.52. The van der Waals surface area contributed by atoms with Crippen LogP contribution in [0.1, 0.15) is 22.7 Å². The van der Waals surface area contributed by atoms with Gasteiger partial charge in [0.2, 0.25) is 0 Å². The summed E-state index contributed by atoms with van der Waals surface area (Å²) in [6, 6.07) is 15.0. The van der Waals surface area contributed by atoms with E-state index in [1.807, 2.05) is 13.1 Å². The van der Waals surface area contributed by atoms with Gasteiger partial charge < -0.3 is 10.1 Å². The van der Waals surface area contributed by atoms with Crippen LogP contribution in [0.5, 0.6) is 5.75 Å². The van der Waals surface area contributed by atoms with E-state index in [1.165, 1.54) is 16.7 Å². The van der Waals surface area contributed by atoms with Gasteiger partial charge in [-0.05, 0) is 49.7 Å². The standard InChI is InChI=1S/C17H20BrNO/c1-12-7-8-15(17(9-12)20-3)16(19-2)11-13-5-4-6-14(18)10-13/h4-10,16,19H,11H2,1-3H3. The van der Waals surface area contributed by atoms with Gasteiger partial charge in [0.05, 0.1) is 7.11 Å². The number of hydrogen-bond donors (Lipinski definition) is 1. The fourth-order valence-corrected chi connectivity index (χ4v) is 2.82. The number of halogens is 1. The Hall–Kier alpha value is -1.32. The Balaban J connectivity index is 2.28. The molecule has 0 aliphatic rings. The summed E-state index contributed by atoms with van der Waals surface area (Å²) in [5.41, 5.74) is 3.70. The van der Waals surface area contributed by atoms with Crippen molar-refractivity contribution in [3.63, 3.8) is 0 Å². The molecule has 0 saturated carbocycles. The molecule has 0 heterocycles. The van der Waals surface area contributed by atoms with Gasteiger partial charge >= 0.3 is 0 Å². The lowest BCUT2D eigenvalue weighted by atomic mass is 9.97. The molecule has 0 radical (unpaired) electrons. The Labute approximate surface area is 129 Å². The van der Waals surface area contributed by atoms with Gasteiger partial charge in [0.1, 0.15) is 5.75 Å². The average molecular weight is 334 g/mol. The highest BCUT2D eigenvalue weighted by Gasteiger charge is 2.15. The van der Waals surface area contributed by atoms with Gasteiger partial charge in [0, 0.05) is 16.1 Å². The van der Waals surface area contributed by atoms with Crippen LogP contribution in [0.15, 0.2) is 46.9 Å². The van der Waals surface area contributed by atoms with Crippen LogP contribution in [0, 0.1) is 6.92 Å². The highest BCUT2D eigenvalue weighted by atomic mass is 79.9. The first-order valence-electron chi connectivity index (χ1n) is 6.70. The second kappa shape index (κ2) is 6.91. The first kappa shape index (κ1) is 15.1. The van der Waals surface area contributed by atoms with Crippen molar-refractivity contribution in [3.8, 4) is 5.75 Å². The second-order valence-electron chi connectivity index (χ2n) is 4.92. The highest BCUT2D eigenvalue weighted by molar-refractivity contribution is 9.10. The normalized spacial score (nSPS) is 12.2. The van der Waals surface area contributed by atoms with E-state index in [0.29, 0.717) is 0 Å². The average Bonchev–Trinajstić information content (AvgIpc) is 2.45. The van der Waals surface area contributed by atoms with E-state index >= 15 is 0 Å². The zero-order valence-electron chi connectivity index (χ0n) is 12.1. The largest absolute Gasteiger partial charge is 0.496 e. The third-order valence-corrected chi connectivity index (χ3v) is 3.93. The molecule has 2 rings (SSSR count). The molecular formula is C17H20BrNO. The lowest BCUT2D eigenvalue weighted by molar-refractivity contribution is 0.401. The van der Waals surface area contributed by atoms with Crippen molar-refractivity contribution in [1.29, 1.82) is 0 Å². The highest BCUT2D eigenvalue weighted by Crippen LogP contribution is 2.29. The molecule has 106 valence electrons. The summed E-state index contributed by atoms with van der Waals surface area (Å²) in [4.78, 5) is 0. The molecule has 0 saturated heterocycles. The molecule has 0 bridgehead atoms. The summed E-state index contributed by atoms with van der Waals surface area (Å²) in [7, 11) is 3.71. The molecule has 0 amide bonds. The first-order valence-corrected chi connectivity index (χ1v) is 7.49. The van der Waals surface area contributed by atoms with Crippen LogP contribution in [0.25, 0.3) is 0 Å². The Morgan fingerprint density at radius 3 is 2.65 bits per heavy atom. The van der Waals surface area contributed by atoms with Crippen LogP contribution in [0.3, 0.4) is 0 Å². The van der Waals surface area contributed by atoms with E-state index in [0.717, 1.165) is 16.6 Å². The number of rotatable bonds is 5. The Morgan fingerprint density at radius 2 is 2.00 bits per heavy atom. The van der Waals surface area contributed by atoms with Gasteiger partial charge in [0.25, 0.3) is 0 Å². The number of hydrogen-bond acceptors (Lipinski definition) is 2. The van der Waals surface area contributed by atoms with Crippen molar-refractivity contribution in [1.82, 2.24) is 5.32 Å². The summed E-state index contributed by atoms with van der Waals surface area (Å²) < 4.78 is 6.63. The Kier molecular flexibility index (Phi) is 5.21. The van der Waals surface area contributed by atoms with Gasteiger partial charge in [-0.1, -0.05) is 40.2 Å². The maximum atomic E-state index is 5.52. The lowest BCUT2D eigenvalue weighted by Gasteiger charge is -2.20. The number of likely N-dealkylation sites (N-methyl/N-ethyl adjacent to an activating group) is 1. The van der Waals surface area contributed by atoms with E-state index in [1.54, 1.807) is 7.11 Å². The van der Waals surface area contributed by atoms with E-state index < -0.39 is 0 Å². The van der Waals surface area contributed by atoms with Crippen molar-refractivity contribution in [2.75, 3.05) is 14.2 Å². The minimum Gasteiger partial charge on any atom is -0.496 e. The summed E-state index contributed by atoms with van der Waals surface area (Å²) in [5.74, 6) is 0.944. The fraction of sp³-hybridized carbons (Fsp3) is 0.294. The number of methoxy groups -OCH3 is 1. The first-order chi connectivity index (χ1) is 9.63. The molecule has 20 heavy (non-hydrogen) atoms. The van der Waals surface area contributed by atoms with Crippen LogP contribution >= 0.6 is 15.9 Å². The smallest absolute Gasteiger partial charge is 0.123 e. The third kappa shape index (κ3) is 3.62. The number of ether oxygens (including phenoxy) is 1. The quantitative estimate of drug-likeness (QED) is 0.882. The zero-order valence-corrected chi connectivity index (χ0v) is 13.7. The molecular weight excluding hydrogens is 314 g/mol. The molecule has 2 aromatic carbocycles. The van der Waals surface area contributed by atoms with E-state index in [9.17, 15) is 0 Å². The van der Waals surface area contributed by atoms with Gasteiger partial charge in [-0.15, -0.1) is 0 Å². The fourth-order valence-electron chi connectivity index (χ4n) is 2.37. The molecule has 2 aromatic rings. The molecule has 1 unspecified atom stereocenters. The van der Waals surface area contributed by atoms with E-state index in [2.05, 4.69) is 64.6 Å². The van der Waals surface area contributed by atoms with Gasteiger partial charge in [-0.25, -0.2) is 0 Å². The minimum absolute atomic E-state index is 0.236. The predicted octanol–water partition coefficient (Wildman–Crippen LogP) is 4.27. The van der Waals surface area contributed by atoms with Crippen LogP contribution in [0.4, 0.5) is 0 Å². The Bertz CT molecular complexity index is 583. The maximum Gasteiger partial charge on any atom is 0.123 e. The van der Waals surface area contributed by atoms with Crippen molar-refractivity contribution >= 4 is 15.9 Å². The van der Waals surface area contributed by atoms with Gasteiger partial charge in [-0.3, -0.25) is 0 Å². The molecule has 0 aliphatic heterocycles. The van der Waals surface area contributed by atoms with Gasteiger partial charge in [0.15, 0.2) is 0 Å². The van der Waals surface area contributed by atoms with Gasteiger partial charge in [-0.2, -0.15) is 0 Å². The SMILES string of the molecule is CNC(Cc1cccc(Br)c1)c1ccc(C)cc1OC. The summed E-state index contributed by atoms with van der Waals surface area (Å²) in [6.45, 7) is 2.08. The molecule has 1 N–H and O–H groups in total. The number of nitrogens with one attached hydrogen (secondary N) is 1. The van der Waals surface area contributed by atoms with Crippen molar-refractivity contribution in [2.24, 2.45) is 0 Å². The molecule has 0 aliphatic carbocycles. The lowest BCUT2D eigenvalue weighted by Crippen LogP contribution is -2.19. The number of benzene rings is 2. The number of aryl methyl sites for hydroxylation is 1. The molecule has 2 nitrogen and oxygen atoms in total. The van der Waals surface area contributed by atoms with Crippen LogP contribution in [-0.4, -0.2) is 14.2 Å². The van der Waals surface area contributed by atoms with Crippen LogP contribution < -0.4 is 10.1 Å². The van der Waals surface area contributed by atoms with E-state index in [4.69, 9.17) is 4.74 Å². The molecule has 1 atom stereocenters. The zero-order chi connectivity index (χ0) is 14.5. The topological polar surface area (TPSA) is 21.3 Å². The van der Waals surface area contributed by atoms with Crippen molar-refractivity contribution in [2.45, 2.75) is 19.4 Å². The molecule has 0 aromatic heterocycles. The summed E-state index contributed by atoms with van der Waals surface area (Å²) in [6.07, 6.45) is 0.926.